The van der Waals surface area contributed by atoms with Crippen LogP contribution in [-0.4, -0.2) is 14.1 Å². The van der Waals surface area contributed by atoms with E-state index in [-0.39, 0.29) is 31.9 Å². The Morgan fingerprint density at radius 2 is 0.884 bits per heavy atom. The van der Waals surface area contributed by atoms with Gasteiger partial charge in [0, 0.05) is 44.3 Å². The minimum Gasteiger partial charge on any atom is -0.510 e. The number of fused-ring (bicyclic) bond motifs is 4. The first kappa shape index (κ1) is 55.5. The molecule has 6 heteroatoms. The summed E-state index contributed by atoms with van der Waals surface area (Å²) in [6.45, 7) is 13.5. The van der Waals surface area contributed by atoms with Gasteiger partial charge in [0.1, 0.15) is 5.82 Å². The molecule has 0 aliphatic heterocycles. The maximum Gasteiger partial charge on any atom is 0.268 e. The van der Waals surface area contributed by atoms with Crippen molar-refractivity contribution in [1.82, 2.24) is 14.1 Å². The van der Waals surface area contributed by atoms with Crippen molar-refractivity contribution in [3.63, 3.8) is 0 Å². The Morgan fingerprint density at radius 1 is 0.395 bits per heavy atom. The number of hydrogen-bond donors (Lipinski definition) is 0. The van der Waals surface area contributed by atoms with E-state index in [0.717, 1.165) is 117 Å². The topological polar surface area (TPSA) is 35.9 Å². The zero-order chi connectivity index (χ0) is 57.8. The summed E-state index contributed by atoms with van der Waals surface area (Å²) in [5.41, 5.74) is 21.3. The molecule has 0 N–H and O–H groups in total. The zero-order valence-electron chi connectivity index (χ0n) is 48.9. The third kappa shape index (κ3) is 10.7. The molecule has 14 rings (SSSR count). The van der Waals surface area contributed by atoms with Crippen molar-refractivity contribution < 1.29 is 30.4 Å². The molecule has 0 saturated heterocycles. The summed E-state index contributed by atoms with van der Waals surface area (Å²) in [4.78, 5) is 4.92. The molecular weight excluding hydrogens is 1230 g/mol. The zero-order valence-corrected chi connectivity index (χ0v) is 51.2. The molecule has 11 aromatic carbocycles. The molecule has 0 radical (unpaired) electrons. The molecule has 0 unspecified atom stereocenters. The van der Waals surface area contributed by atoms with Crippen molar-refractivity contribution in [1.29, 1.82) is 0 Å². The van der Waals surface area contributed by atoms with Gasteiger partial charge in [0.05, 0.1) is 16.7 Å². The molecule has 0 amide bonds. The van der Waals surface area contributed by atoms with Crippen LogP contribution in [0.5, 0.6) is 11.5 Å². The van der Waals surface area contributed by atoms with Crippen LogP contribution in [-0.2, 0) is 31.9 Å². The molecule has 0 saturated carbocycles. The summed E-state index contributed by atoms with van der Waals surface area (Å²) >= 11 is 0. The van der Waals surface area contributed by atoms with Gasteiger partial charge in [-0.3, -0.25) is 4.57 Å². The predicted octanol–water partition coefficient (Wildman–Crippen LogP) is 20.2. The molecule has 0 aliphatic carbocycles. The van der Waals surface area contributed by atoms with Crippen molar-refractivity contribution in [3.05, 3.63) is 297 Å². The maximum absolute atomic E-state index is 6.86. The summed E-state index contributed by atoms with van der Waals surface area (Å²) in [6, 6.07) is 101. The fourth-order valence-electron chi connectivity index (χ4n) is 11.8. The Hall–Kier alpha value is -9.67. The molecule has 0 aliphatic rings. The Balaban J connectivity index is 0.00000686. The molecule has 0 atom stereocenters. The van der Waals surface area contributed by atoms with Crippen molar-refractivity contribution in [2.24, 2.45) is 0 Å². The number of ether oxygens (including phenoxy) is 1. The number of hydrogen-bond acceptors (Lipinski definition) is 2. The van der Waals surface area contributed by atoms with Crippen molar-refractivity contribution >= 4 is 32.8 Å². The summed E-state index contributed by atoms with van der Waals surface area (Å²) in [6.07, 6.45) is 5.91. The van der Waals surface area contributed by atoms with Crippen molar-refractivity contribution in [2.75, 3.05) is 0 Å². The van der Waals surface area contributed by atoms with E-state index in [0.29, 0.717) is 11.5 Å². The van der Waals surface area contributed by atoms with Crippen LogP contribution in [0.4, 0.5) is 0 Å². The summed E-state index contributed by atoms with van der Waals surface area (Å²) in [5, 5.41) is 2.20. The van der Waals surface area contributed by atoms with Crippen LogP contribution < -0.4 is 9.30 Å². The molecule has 5 nitrogen and oxygen atoms in total. The molecule has 3 aromatic heterocycles. The first-order valence-electron chi connectivity index (χ1n) is 29.2. The van der Waals surface area contributed by atoms with Gasteiger partial charge in [0.15, 0.2) is 0 Å². The number of rotatable bonds is 11. The molecule has 0 bridgehead atoms. The van der Waals surface area contributed by atoms with E-state index in [4.69, 9.17) is 9.72 Å². The van der Waals surface area contributed by atoms with Gasteiger partial charge >= 0.3 is 0 Å². The molecule has 3 heterocycles. The van der Waals surface area contributed by atoms with Gasteiger partial charge in [-0.15, -0.1) is 29.7 Å². The standard InChI is InChI=1S/C80H62N4O.Pt/c1-79(2,3)64-37-40-74-76(49-64)82(66-31-21-32-67(51-66)85-68-38-39-72-71-33-19-20-36-73(71)84(75(72)52-68)77-50-65(41-42-81-77)80(4,5)6)53-83(74)78-69(62-45-58(54-23-11-7-12-24-54)43-59(46-62)55-25-13-8-14-26-55)34-22-35-70(78)63-47-60(56-27-15-9-16-28-56)44-61(48-63)57-29-17-10-18-30-57;/h7-50H,1-6H3;/q-2;. The molecular formula is C80H62N4OPt-2. The normalized spacial score (nSPS) is 11.7. The second kappa shape index (κ2) is 22.7. The SMILES string of the molecule is CC(C)(C)c1ccnc(-n2c3[c-]c(Oc4[c-]c(-n5[c-][n+](-c6c(-c7cc(-c8ccccc8)cc(-c8ccccc8)c7)cccc6-c6cc(-c7ccccc7)cc(-c7ccccc7)c6)c6ccc(C(C)(C)C)cc65)ccc4)ccc3c3ccccc32)c1.[Pt]. The van der Waals surface area contributed by atoms with Crippen LogP contribution in [0.2, 0.25) is 0 Å². The van der Waals surface area contributed by atoms with E-state index in [1.165, 1.54) is 11.1 Å². The van der Waals surface area contributed by atoms with E-state index in [9.17, 15) is 0 Å². The second-order valence-corrected chi connectivity index (χ2v) is 24.1. The number of benzene rings is 11. The van der Waals surface area contributed by atoms with Gasteiger partial charge in [-0.2, -0.15) is 18.2 Å². The Labute approximate surface area is 518 Å². The van der Waals surface area contributed by atoms with Crippen LogP contribution in [0.25, 0.3) is 117 Å². The first-order valence-corrected chi connectivity index (χ1v) is 29.2. The largest absolute Gasteiger partial charge is 0.510 e. The third-order valence-electron chi connectivity index (χ3n) is 16.3. The summed E-state index contributed by atoms with van der Waals surface area (Å²) in [5.74, 6) is 1.96. The van der Waals surface area contributed by atoms with E-state index in [1.807, 2.05) is 24.4 Å². The van der Waals surface area contributed by atoms with Gasteiger partial charge in [-0.05, 0) is 160 Å². The third-order valence-corrected chi connectivity index (χ3v) is 16.3. The molecule has 0 spiro atoms. The van der Waals surface area contributed by atoms with E-state index >= 15 is 0 Å². The van der Waals surface area contributed by atoms with Crippen molar-refractivity contribution in [3.8, 4) is 95.5 Å². The van der Waals surface area contributed by atoms with Crippen LogP contribution in [0.3, 0.4) is 0 Å². The Bertz CT molecular complexity index is 4540. The average Bonchev–Trinajstić information content (AvgIpc) is 2.88. The molecule has 14 aromatic rings. The van der Waals surface area contributed by atoms with Crippen LogP contribution >= 0.6 is 0 Å². The summed E-state index contributed by atoms with van der Waals surface area (Å²) in [7, 11) is 0. The van der Waals surface area contributed by atoms with Crippen LogP contribution in [0, 0.1) is 18.5 Å². The Morgan fingerprint density at radius 3 is 1.43 bits per heavy atom. The van der Waals surface area contributed by atoms with E-state index < -0.39 is 0 Å². The number of para-hydroxylation sites is 2. The molecule has 0 fully saturated rings. The molecule has 420 valence electrons. The number of nitrogens with zero attached hydrogens (tertiary/aromatic N) is 4. The van der Waals surface area contributed by atoms with Gasteiger partial charge in [-0.25, -0.2) is 4.98 Å². The van der Waals surface area contributed by atoms with Crippen LogP contribution in [0.1, 0.15) is 52.7 Å². The fraction of sp³-hybridized carbons (Fsp3) is 0.100. The summed E-state index contributed by atoms with van der Waals surface area (Å²) < 4.78 is 13.5. The van der Waals surface area contributed by atoms with Gasteiger partial charge in [0.25, 0.3) is 6.33 Å². The maximum atomic E-state index is 6.86. The average molecular weight is 1290 g/mol. The van der Waals surface area contributed by atoms with E-state index in [1.54, 1.807) is 0 Å². The van der Waals surface area contributed by atoms with Gasteiger partial charge in [0.2, 0.25) is 0 Å². The monoisotopic (exact) mass is 1290 g/mol. The smallest absolute Gasteiger partial charge is 0.268 e. The van der Waals surface area contributed by atoms with Gasteiger partial charge in [-0.1, -0.05) is 217 Å². The first-order chi connectivity index (χ1) is 41.4. The Kier molecular flexibility index (Phi) is 14.7. The van der Waals surface area contributed by atoms with Crippen molar-refractivity contribution in [2.45, 2.75) is 52.4 Å². The fourth-order valence-corrected chi connectivity index (χ4v) is 11.8. The number of imidazole rings is 1. The minimum absolute atomic E-state index is 0. The van der Waals surface area contributed by atoms with Crippen LogP contribution in [0.15, 0.2) is 267 Å². The molecule has 86 heavy (non-hydrogen) atoms. The predicted molar refractivity (Wildman–Crippen MR) is 350 cm³/mol. The number of aromatic nitrogens is 4. The van der Waals surface area contributed by atoms with Gasteiger partial charge < -0.3 is 13.9 Å². The quantitative estimate of drug-likeness (QED) is 0.0956. The number of pyridine rings is 1. The van der Waals surface area contributed by atoms with E-state index in [2.05, 4.69) is 316 Å². The second-order valence-electron chi connectivity index (χ2n) is 24.1. The minimum atomic E-state index is -0.149.